The summed E-state index contributed by atoms with van der Waals surface area (Å²) in [4.78, 5) is 5.05. The minimum Gasteiger partial charge on any atom is -0.309 e. The summed E-state index contributed by atoms with van der Waals surface area (Å²) in [6.07, 6.45) is 0. The fourth-order valence-corrected chi connectivity index (χ4v) is 10.9. The second-order valence-corrected chi connectivity index (χ2v) is 18.7. The van der Waals surface area contributed by atoms with E-state index in [-0.39, 0.29) is 0 Å². The largest absolute Gasteiger partial charge is 0.309 e. The van der Waals surface area contributed by atoms with Gasteiger partial charge in [0.25, 0.3) is 0 Å². The average molecular weight is 897 g/mol. The molecule has 334 valence electrons. The number of rotatable bonds is 10. The summed E-state index contributed by atoms with van der Waals surface area (Å²) in [6.45, 7) is 8.98. The number of hydrogen-bond acceptors (Lipinski definition) is 2. The normalized spacial score (nSPS) is 11.4. The summed E-state index contributed by atoms with van der Waals surface area (Å²) >= 11 is 0. The third-order valence-corrected chi connectivity index (χ3v) is 14.2. The lowest BCUT2D eigenvalue weighted by Crippen LogP contribution is -2.14. The van der Waals surface area contributed by atoms with Crippen LogP contribution >= 0.6 is 0 Å². The molecule has 0 radical (unpaired) electrons. The molecule has 12 aromatic rings. The van der Waals surface area contributed by atoms with E-state index in [1.165, 1.54) is 110 Å². The molecule has 0 aliphatic carbocycles. The molecule has 0 unspecified atom stereocenters. The van der Waals surface area contributed by atoms with Crippen LogP contribution in [0.25, 0.3) is 76.8 Å². The summed E-state index contributed by atoms with van der Waals surface area (Å²) in [5, 5.41) is 7.37. The standard InChI is InChI=1S/C68H52N2/c1-45-19-17-20-46(2)67(45)69(59-41-55(49-23-9-5-10-24-49)39-56(42-59)50-25-11-6-12-26-50)63-37-33-53-32-36-62-64(38-34-54-31-35-61(63)65(53)66(54)62)70(68-47(3)21-18-22-48(68)4)60-43-57(51-27-13-7-14-28-51)40-58(44-60)52-29-15-8-16-30-52/h5-44H,1-4H3. The van der Waals surface area contributed by atoms with Crippen molar-refractivity contribution >= 4 is 66.4 Å². The molecule has 0 saturated carbocycles. The van der Waals surface area contributed by atoms with Gasteiger partial charge in [-0.15, -0.1) is 0 Å². The first-order chi connectivity index (χ1) is 34.4. The molecule has 0 atom stereocenters. The highest BCUT2D eigenvalue weighted by molar-refractivity contribution is 6.28. The average Bonchev–Trinajstić information content (AvgIpc) is 3.41. The summed E-state index contributed by atoms with van der Waals surface area (Å²) in [6, 6.07) is 89.4. The molecule has 0 bridgehead atoms. The second kappa shape index (κ2) is 17.7. The van der Waals surface area contributed by atoms with Gasteiger partial charge in [-0.1, -0.05) is 194 Å². The fraction of sp³-hybridized carbons (Fsp3) is 0.0588. The van der Waals surface area contributed by atoms with Crippen molar-refractivity contribution in [3.05, 3.63) is 265 Å². The Morgan fingerprint density at radius 1 is 0.243 bits per heavy atom. The van der Waals surface area contributed by atoms with Gasteiger partial charge in [0, 0.05) is 22.1 Å². The van der Waals surface area contributed by atoms with E-state index >= 15 is 0 Å². The quantitative estimate of drug-likeness (QED) is 0.126. The number of para-hydroxylation sites is 2. The molecule has 0 amide bonds. The Hall–Kier alpha value is -8.72. The van der Waals surface area contributed by atoms with Crippen molar-refractivity contribution in [2.75, 3.05) is 9.80 Å². The molecule has 2 heteroatoms. The van der Waals surface area contributed by atoms with Gasteiger partial charge in [-0.3, -0.25) is 0 Å². The molecule has 70 heavy (non-hydrogen) atoms. The van der Waals surface area contributed by atoms with Gasteiger partial charge in [-0.2, -0.15) is 0 Å². The second-order valence-electron chi connectivity index (χ2n) is 18.7. The van der Waals surface area contributed by atoms with Crippen LogP contribution in [0, 0.1) is 27.7 Å². The Bertz CT molecular complexity index is 3450. The van der Waals surface area contributed by atoms with Crippen molar-refractivity contribution in [3.63, 3.8) is 0 Å². The molecule has 0 heterocycles. The Balaban J connectivity index is 1.13. The van der Waals surface area contributed by atoms with Crippen LogP contribution in [0.15, 0.2) is 243 Å². The SMILES string of the molecule is Cc1cccc(C)c1N(c1cc(-c2ccccc2)cc(-c2ccccc2)c1)c1ccc2ccc3c(N(c4cc(-c5ccccc5)cc(-c5ccccc5)c4)c4c(C)cccc4C)ccc4ccc1c2c43. The van der Waals surface area contributed by atoms with Gasteiger partial charge in [0.2, 0.25) is 0 Å². The molecule has 0 fully saturated rings. The van der Waals surface area contributed by atoms with Crippen LogP contribution in [-0.4, -0.2) is 0 Å². The predicted molar refractivity (Wildman–Crippen MR) is 300 cm³/mol. The Morgan fingerprint density at radius 3 is 0.829 bits per heavy atom. The van der Waals surface area contributed by atoms with Gasteiger partial charge < -0.3 is 9.80 Å². The first-order valence-corrected chi connectivity index (χ1v) is 24.3. The van der Waals surface area contributed by atoms with Gasteiger partial charge in [0.1, 0.15) is 0 Å². The van der Waals surface area contributed by atoms with Crippen molar-refractivity contribution in [3.8, 4) is 44.5 Å². The minimum atomic E-state index is 1.11. The molecule has 0 N–H and O–H groups in total. The number of benzene rings is 12. The maximum Gasteiger partial charge on any atom is 0.0540 e. The molecule has 2 nitrogen and oxygen atoms in total. The van der Waals surface area contributed by atoms with Gasteiger partial charge in [-0.05, 0) is 165 Å². The Morgan fingerprint density at radius 2 is 0.529 bits per heavy atom. The summed E-state index contributed by atoms with van der Waals surface area (Å²) in [5.74, 6) is 0. The predicted octanol–water partition coefficient (Wildman–Crippen LogP) is 19.4. The lowest BCUT2D eigenvalue weighted by Gasteiger charge is -2.32. The molecule has 0 spiro atoms. The van der Waals surface area contributed by atoms with Crippen molar-refractivity contribution in [2.45, 2.75) is 27.7 Å². The number of hydrogen-bond donors (Lipinski definition) is 0. The highest BCUT2D eigenvalue weighted by Crippen LogP contribution is 2.50. The van der Waals surface area contributed by atoms with Crippen LogP contribution in [0.3, 0.4) is 0 Å². The highest BCUT2D eigenvalue weighted by Gasteiger charge is 2.26. The van der Waals surface area contributed by atoms with Crippen LogP contribution in [0.1, 0.15) is 22.3 Å². The lowest BCUT2D eigenvalue weighted by atomic mass is 9.90. The zero-order chi connectivity index (χ0) is 47.3. The monoisotopic (exact) mass is 896 g/mol. The van der Waals surface area contributed by atoms with E-state index < -0.39 is 0 Å². The summed E-state index contributed by atoms with van der Waals surface area (Å²) in [5.41, 5.74) is 21.2. The first-order valence-electron chi connectivity index (χ1n) is 24.3. The van der Waals surface area contributed by atoms with Crippen LogP contribution in [0.4, 0.5) is 34.1 Å². The van der Waals surface area contributed by atoms with E-state index in [1.54, 1.807) is 0 Å². The van der Waals surface area contributed by atoms with E-state index in [0.717, 1.165) is 22.7 Å². The van der Waals surface area contributed by atoms with Gasteiger partial charge in [0.15, 0.2) is 0 Å². The molecule has 0 saturated heterocycles. The number of anilines is 6. The third-order valence-electron chi connectivity index (χ3n) is 14.2. The molecule has 0 aromatic heterocycles. The molecular formula is C68H52N2. The van der Waals surface area contributed by atoms with Crippen molar-refractivity contribution in [2.24, 2.45) is 0 Å². The van der Waals surface area contributed by atoms with E-state index in [2.05, 4.69) is 280 Å². The van der Waals surface area contributed by atoms with E-state index in [4.69, 9.17) is 0 Å². The zero-order valence-corrected chi connectivity index (χ0v) is 40.0. The van der Waals surface area contributed by atoms with Gasteiger partial charge in [-0.25, -0.2) is 0 Å². The van der Waals surface area contributed by atoms with Gasteiger partial charge in [0.05, 0.1) is 22.7 Å². The highest BCUT2D eigenvalue weighted by atomic mass is 15.2. The molecular weight excluding hydrogens is 845 g/mol. The number of aryl methyl sites for hydroxylation is 4. The maximum absolute atomic E-state index is 2.53. The lowest BCUT2D eigenvalue weighted by molar-refractivity contribution is 1.23. The smallest absolute Gasteiger partial charge is 0.0540 e. The van der Waals surface area contributed by atoms with Crippen molar-refractivity contribution in [1.29, 1.82) is 0 Å². The maximum atomic E-state index is 2.53. The summed E-state index contributed by atoms with van der Waals surface area (Å²) < 4.78 is 0. The molecule has 0 aliphatic rings. The van der Waals surface area contributed by atoms with Crippen LogP contribution in [-0.2, 0) is 0 Å². The van der Waals surface area contributed by atoms with E-state index in [9.17, 15) is 0 Å². The van der Waals surface area contributed by atoms with E-state index in [1.807, 2.05) is 0 Å². The van der Waals surface area contributed by atoms with E-state index in [0.29, 0.717) is 0 Å². The molecule has 12 aromatic carbocycles. The first kappa shape index (κ1) is 42.6. The Labute approximate surface area is 411 Å². The van der Waals surface area contributed by atoms with Crippen molar-refractivity contribution < 1.29 is 0 Å². The van der Waals surface area contributed by atoms with Gasteiger partial charge >= 0.3 is 0 Å². The number of nitrogens with zero attached hydrogens (tertiary/aromatic N) is 2. The van der Waals surface area contributed by atoms with Crippen LogP contribution in [0.2, 0.25) is 0 Å². The third kappa shape index (κ3) is 7.55. The zero-order valence-electron chi connectivity index (χ0n) is 40.0. The fourth-order valence-electron chi connectivity index (χ4n) is 10.9. The van der Waals surface area contributed by atoms with Crippen LogP contribution in [0.5, 0.6) is 0 Å². The molecule has 0 aliphatic heterocycles. The Kier molecular flexibility index (Phi) is 10.8. The topological polar surface area (TPSA) is 6.48 Å². The minimum absolute atomic E-state index is 1.11. The van der Waals surface area contributed by atoms with Crippen LogP contribution < -0.4 is 9.80 Å². The van der Waals surface area contributed by atoms with Crippen molar-refractivity contribution in [1.82, 2.24) is 0 Å². The summed E-state index contributed by atoms with van der Waals surface area (Å²) in [7, 11) is 0. The molecule has 12 rings (SSSR count).